The molecular formula is C7H11NO2. The Morgan fingerprint density at radius 1 is 1.80 bits per heavy atom. The molecule has 0 aliphatic carbocycles. The highest BCUT2D eigenvalue weighted by Crippen LogP contribution is 2.14. The molecule has 0 radical (unpaired) electrons. The van der Waals surface area contributed by atoms with E-state index in [1.807, 2.05) is 6.08 Å². The zero-order chi connectivity index (χ0) is 7.56. The van der Waals surface area contributed by atoms with Gasteiger partial charge in [0.1, 0.15) is 6.23 Å². The van der Waals surface area contributed by atoms with Crippen molar-refractivity contribution in [1.82, 2.24) is 4.90 Å². The molecule has 0 aromatic heterocycles. The summed E-state index contributed by atoms with van der Waals surface area (Å²) in [5.41, 5.74) is 0. The molecule has 0 saturated carbocycles. The van der Waals surface area contributed by atoms with Crippen molar-refractivity contribution in [2.24, 2.45) is 0 Å². The van der Waals surface area contributed by atoms with E-state index >= 15 is 0 Å². The lowest BCUT2D eigenvalue weighted by molar-refractivity contribution is -0.134. The number of nitrogens with zero attached hydrogens (tertiary/aromatic N) is 1. The summed E-state index contributed by atoms with van der Waals surface area (Å²) in [6.07, 6.45) is 4.42. The van der Waals surface area contributed by atoms with E-state index in [4.69, 9.17) is 4.74 Å². The average molecular weight is 141 g/mol. The Bertz CT molecular complexity index is 165. The van der Waals surface area contributed by atoms with Gasteiger partial charge >= 0.3 is 0 Å². The van der Waals surface area contributed by atoms with Crippen molar-refractivity contribution in [1.29, 1.82) is 0 Å². The van der Waals surface area contributed by atoms with Crippen LogP contribution in [-0.4, -0.2) is 24.1 Å². The van der Waals surface area contributed by atoms with Crippen LogP contribution in [0.3, 0.4) is 0 Å². The first-order valence-corrected chi connectivity index (χ1v) is 3.24. The van der Waals surface area contributed by atoms with Gasteiger partial charge < -0.3 is 4.74 Å². The van der Waals surface area contributed by atoms with Crippen LogP contribution in [0.25, 0.3) is 0 Å². The van der Waals surface area contributed by atoms with Crippen LogP contribution in [0.15, 0.2) is 12.3 Å². The number of hydrogen-bond donors (Lipinski definition) is 0. The summed E-state index contributed by atoms with van der Waals surface area (Å²) in [6.45, 7) is 1.53. The average Bonchev–Trinajstić information content (AvgIpc) is 2.33. The van der Waals surface area contributed by atoms with E-state index in [1.165, 1.54) is 6.92 Å². The summed E-state index contributed by atoms with van der Waals surface area (Å²) >= 11 is 0. The molecule has 3 heteroatoms. The van der Waals surface area contributed by atoms with Gasteiger partial charge in [0, 0.05) is 26.7 Å². The number of methoxy groups -OCH3 is 1. The summed E-state index contributed by atoms with van der Waals surface area (Å²) in [5, 5.41) is 0. The summed E-state index contributed by atoms with van der Waals surface area (Å²) in [4.78, 5) is 12.4. The van der Waals surface area contributed by atoms with Crippen LogP contribution in [-0.2, 0) is 9.53 Å². The monoisotopic (exact) mass is 141 g/mol. The van der Waals surface area contributed by atoms with E-state index in [0.29, 0.717) is 0 Å². The highest BCUT2D eigenvalue weighted by Gasteiger charge is 2.20. The predicted octanol–water partition coefficient (Wildman–Crippen LogP) is 0.725. The molecule has 56 valence electrons. The molecule has 0 spiro atoms. The molecule has 1 unspecified atom stereocenters. The minimum absolute atomic E-state index is 0.0283. The molecule has 1 atom stereocenters. The zero-order valence-corrected chi connectivity index (χ0v) is 6.20. The smallest absolute Gasteiger partial charge is 0.225 e. The van der Waals surface area contributed by atoms with Gasteiger partial charge in [0.15, 0.2) is 0 Å². The molecule has 1 rings (SSSR count). The fourth-order valence-corrected chi connectivity index (χ4v) is 1.02. The molecule has 0 fully saturated rings. The highest BCUT2D eigenvalue weighted by molar-refractivity contribution is 5.75. The van der Waals surface area contributed by atoms with Crippen molar-refractivity contribution in [3.8, 4) is 0 Å². The van der Waals surface area contributed by atoms with Gasteiger partial charge in [-0.3, -0.25) is 9.69 Å². The van der Waals surface area contributed by atoms with Crippen molar-refractivity contribution in [2.45, 2.75) is 19.6 Å². The van der Waals surface area contributed by atoms with E-state index in [0.717, 1.165) is 6.42 Å². The number of carbonyl (C=O) groups excluding carboxylic acids is 1. The molecule has 0 saturated heterocycles. The van der Waals surface area contributed by atoms with Gasteiger partial charge in [0.05, 0.1) is 0 Å². The maximum absolute atomic E-state index is 10.8. The molecule has 1 amide bonds. The van der Waals surface area contributed by atoms with Crippen LogP contribution >= 0.6 is 0 Å². The Morgan fingerprint density at radius 3 is 2.90 bits per heavy atom. The molecule has 0 aromatic rings. The molecule has 1 aliphatic rings. The second-order valence-corrected chi connectivity index (χ2v) is 2.24. The lowest BCUT2D eigenvalue weighted by Gasteiger charge is -2.20. The maximum Gasteiger partial charge on any atom is 0.225 e. The predicted molar refractivity (Wildman–Crippen MR) is 37.1 cm³/mol. The number of amides is 1. The number of carbonyl (C=O) groups is 1. The van der Waals surface area contributed by atoms with E-state index in [2.05, 4.69) is 0 Å². The van der Waals surface area contributed by atoms with Crippen molar-refractivity contribution in [3.05, 3.63) is 12.3 Å². The number of rotatable bonds is 1. The standard InChI is InChI=1S/C7H11NO2/c1-6(9)8-5-3-4-7(8)10-2/h3,5,7H,4H2,1-2H3. The van der Waals surface area contributed by atoms with Gasteiger partial charge in [-0.25, -0.2) is 0 Å². The Morgan fingerprint density at radius 2 is 2.50 bits per heavy atom. The summed E-state index contributed by atoms with van der Waals surface area (Å²) in [7, 11) is 1.60. The van der Waals surface area contributed by atoms with Crippen molar-refractivity contribution in [3.63, 3.8) is 0 Å². The van der Waals surface area contributed by atoms with Gasteiger partial charge in [-0.05, 0) is 0 Å². The SMILES string of the molecule is COC1CC=CN1C(C)=O. The fourth-order valence-electron chi connectivity index (χ4n) is 1.02. The third-order valence-corrected chi connectivity index (χ3v) is 1.55. The molecule has 0 bridgehead atoms. The van der Waals surface area contributed by atoms with Gasteiger partial charge in [-0.1, -0.05) is 6.08 Å². The third-order valence-electron chi connectivity index (χ3n) is 1.55. The molecule has 0 N–H and O–H groups in total. The van der Waals surface area contributed by atoms with Crippen molar-refractivity contribution >= 4 is 5.91 Å². The summed E-state index contributed by atoms with van der Waals surface area (Å²) < 4.78 is 5.03. The Balaban J connectivity index is 2.57. The molecule has 10 heavy (non-hydrogen) atoms. The number of ether oxygens (including phenoxy) is 1. The minimum Gasteiger partial charge on any atom is -0.361 e. The zero-order valence-electron chi connectivity index (χ0n) is 6.20. The van der Waals surface area contributed by atoms with Crippen LogP contribution in [0.4, 0.5) is 0 Å². The van der Waals surface area contributed by atoms with E-state index in [-0.39, 0.29) is 12.1 Å². The topological polar surface area (TPSA) is 29.5 Å². The molecule has 0 aromatic carbocycles. The summed E-state index contributed by atoms with van der Waals surface area (Å²) in [6, 6.07) is 0. The normalized spacial score (nSPS) is 23.8. The quantitative estimate of drug-likeness (QED) is 0.538. The fraction of sp³-hybridized carbons (Fsp3) is 0.571. The lowest BCUT2D eigenvalue weighted by atomic mass is 10.4. The van der Waals surface area contributed by atoms with E-state index in [1.54, 1.807) is 18.2 Å². The second-order valence-electron chi connectivity index (χ2n) is 2.24. The second kappa shape index (κ2) is 2.84. The first-order chi connectivity index (χ1) is 4.75. The van der Waals surface area contributed by atoms with Crippen molar-refractivity contribution in [2.75, 3.05) is 7.11 Å². The Hall–Kier alpha value is -0.830. The van der Waals surface area contributed by atoms with Crippen LogP contribution in [0.1, 0.15) is 13.3 Å². The van der Waals surface area contributed by atoms with E-state index < -0.39 is 0 Å². The minimum atomic E-state index is -0.0718. The highest BCUT2D eigenvalue weighted by atomic mass is 16.5. The number of hydrogen-bond acceptors (Lipinski definition) is 2. The van der Waals surface area contributed by atoms with Crippen LogP contribution in [0.2, 0.25) is 0 Å². The Labute approximate surface area is 60.3 Å². The van der Waals surface area contributed by atoms with Gasteiger partial charge in [0.25, 0.3) is 0 Å². The van der Waals surface area contributed by atoms with Gasteiger partial charge in [-0.15, -0.1) is 0 Å². The first kappa shape index (κ1) is 7.28. The van der Waals surface area contributed by atoms with Crippen LogP contribution < -0.4 is 0 Å². The Kier molecular flexibility index (Phi) is 2.06. The third kappa shape index (κ3) is 1.19. The molecular weight excluding hydrogens is 130 g/mol. The van der Waals surface area contributed by atoms with E-state index in [9.17, 15) is 4.79 Å². The van der Waals surface area contributed by atoms with Crippen LogP contribution in [0.5, 0.6) is 0 Å². The molecule has 1 aliphatic heterocycles. The first-order valence-electron chi connectivity index (χ1n) is 3.24. The maximum atomic E-state index is 10.8. The largest absolute Gasteiger partial charge is 0.361 e. The summed E-state index contributed by atoms with van der Waals surface area (Å²) in [5.74, 6) is 0.0283. The van der Waals surface area contributed by atoms with Crippen molar-refractivity contribution < 1.29 is 9.53 Å². The van der Waals surface area contributed by atoms with Crippen LogP contribution in [0, 0.1) is 0 Å². The molecule has 3 nitrogen and oxygen atoms in total. The van der Waals surface area contributed by atoms with Gasteiger partial charge in [0.2, 0.25) is 5.91 Å². The lowest BCUT2D eigenvalue weighted by Crippen LogP contribution is -2.32. The van der Waals surface area contributed by atoms with Gasteiger partial charge in [-0.2, -0.15) is 0 Å². The molecule has 1 heterocycles.